The molecule has 0 aliphatic heterocycles. The zero-order valence-electron chi connectivity index (χ0n) is 11.7. The minimum Gasteiger partial charge on any atom is -0.248 e. The Morgan fingerprint density at radius 2 is 1.25 bits per heavy atom. The van der Waals surface area contributed by atoms with Crippen LogP contribution in [0.2, 0.25) is 0 Å². The summed E-state index contributed by atoms with van der Waals surface area (Å²) in [5, 5.41) is 2.72. The molecule has 1 heterocycles. The molecule has 1 aromatic heterocycles. The van der Waals surface area contributed by atoms with Crippen molar-refractivity contribution in [1.29, 1.82) is 0 Å². The lowest BCUT2D eigenvalue weighted by Gasteiger charge is -2.24. The molecular formula is C19H19N. The van der Waals surface area contributed by atoms with Crippen molar-refractivity contribution in [2.45, 2.75) is 38.0 Å². The van der Waals surface area contributed by atoms with Crippen molar-refractivity contribution >= 4 is 21.8 Å². The highest BCUT2D eigenvalue weighted by molar-refractivity contribution is 5.97. The molecule has 100 valence electrons. The van der Waals surface area contributed by atoms with Gasteiger partial charge in [0.05, 0.1) is 11.0 Å². The van der Waals surface area contributed by atoms with E-state index in [-0.39, 0.29) is 0 Å². The molecule has 0 atom stereocenters. The Labute approximate surface area is 119 Å². The summed E-state index contributed by atoms with van der Waals surface area (Å²) in [6.45, 7) is 0. The highest BCUT2D eigenvalue weighted by Gasteiger charge is 2.20. The molecule has 20 heavy (non-hydrogen) atoms. The lowest BCUT2D eigenvalue weighted by atomic mass is 9.81. The van der Waals surface area contributed by atoms with Crippen molar-refractivity contribution in [3.05, 3.63) is 54.1 Å². The zero-order valence-corrected chi connectivity index (χ0v) is 11.7. The van der Waals surface area contributed by atoms with Crippen molar-refractivity contribution in [2.24, 2.45) is 0 Å². The van der Waals surface area contributed by atoms with Crippen LogP contribution in [0.25, 0.3) is 21.8 Å². The summed E-state index contributed by atoms with van der Waals surface area (Å²) in [5.41, 5.74) is 3.84. The first-order chi connectivity index (χ1) is 9.93. The summed E-state index contributed by atoms with van der Waals surface area (Å²) < 4.78 is 0. The first kappa shape index (κ1) is 11.9. The molecule has 2 aromatic carbocycles. The van der Waals surface area contributed by atoms with E-state index in [2.05, 4.69) is 48.5 Å². The molecule has 0 amide bonds. The number of nitrogens with zero attached hydrogens (tertiary/aromatic N) is 1. The van der Waals surface area contributed by atoms with E-state index < -0.39 is 0 Å². The summed E-state index contributed by atoms with van der Waals surface area (Å²) in [4.78, 5) is 4.83. The normalized spacial score (nSPS) is 16.8. The van der Waals surface area contributed by atoms with E-state index in [9.17, 15) is 0 Å². The predicted octanol–water partition coefficient (Wildman–Crippen LogP) is 5.44. The maximum absolute atomic E-state index is 4.83. The van der Waals surface area contributed by atoms with E-state index in [1.54, 1.807) is 5.56 Å². The number of pyridine rings is 1. The molecule has 0 radical (unpaired) electrons. The van der Waals surface area contributed by atoms with Crippen LogP contribution < -0.4 is 0 Å². The Hall–Kier alpha value is -1.89. The molecule has 0 N–H and O–H groups in total. The first-order valence-corrected chi connectivity index (χ1v) is 7.71. The standard InChI is InChI=1S/C19H19N/c1-2-8-14(9-3-1)19-15-10-4-6-12-17(15)20-18-13-7-5-11-16(18)19/h4-7,10-14H,1-3,8-9H2. The van der Waals surface area contributed by atoms with Crippen molar-refractivity contribution in [3.63, 3.8) is 0 Å². The van der Waals surface area contributed by atoms with Crippen molar-refractivity contribution in [3.8, 4) is 0 Å². The number of fused-ring (bicyclic) bond motifs is 2. The second-order valence-electron chi connectivity index (χ2n) is 5.89. The van der Waals surface area contributed by atoms with Gasteiger partial charge in [-0.25, -0.2) is 4.98 Å². The highest BCUT2D eigenvalue weighted by Crippen LogP contribution is 2.39. The lowest BCUT2D eigenvalue weighted by molar-refractivity contribution is 0.447. The summed E-state index contributed by atoms with van der Waals surface area (Å²) in [7, 11) is 0. The third-order valence-electron chi connectivity index (χ3n) is 4.64. The molecular weight excluding hydrogens is 242 g/mol. The van der Waals surface area contributed by atoms with Gasteiger partial charge in [-0.15, -0.1) is 0 Å². The van der Waals surface area contributed by atoms with Gasteiger partial charge in [-0.05, 0) is 36.5 Å². The van der Waals surface area contributed by atoms with Gasteiger partial charge in [0.2, 0.25) is 0 Å². The minimum atomic E-state index is 0.710. The van der Waals surface area contributed by atoms with Crippen LogP contribution in [0.3, 0.4) is 0 Å². The van der Waals surface area contributed by atoms with E-state index >= 15 is 0 Å². The smallest absolute Gasteiger partial charge is 0.0712 e. The average molecular weight is 261 g/mol. The van der Waals surface area contributed by atoms with E-state index in [1.165, 1.54) is 42.9 Å². The summed E-state index contributed by atoms with van der Waals surface area (Å²) in [6, 6.07) is 17.3. The molecule has 1 saturated carbocycles. The molecule has 0 saturated heterocycles. The molecule has 1 nitrogen and oxygen atoms in total. The Bertz CT molecular complexity index is 700. The van der Waals surface area contributed by atoms with Gasteiger partial charge in [0.15, 0.2) is 0 Å². The minimum absolute atomic E-state index is 0.710. The fraction of sp³-hybridized carbons (Fsp3) is 0.316. The lowest BCUT2D eigenvalue weighted by Crippen LogP contribution is -2.06. The third kappa shape index (κ3) is 1.89. The van der Waals surface area contributed by atoms with Gasteiger partial charge in [0.25, 0.3) is 0 Å². The maximum atomic E-state index is 4.83. The fourth-order valence-corrected chi connectivity index (χ4v) is 3.70. The van der Waals surface area contributed by atoms with E-state index in [1.807, 2.05) is 0 Å². The molecule has 0 bridgehead atoms. The average Bonchev–Trinajstić information content (AvgIpc) is 2.53. The molecule has 1 heteroatoms. The van der Waals surface area contributed by atoms with Crippen LogP contribution >= 0.6 is 0 Å². The Balaban J connectivity index is 2.06. The van der Waals surface area contributed by atoms with Crippen LogP contribution in [0.4, 0.5) is 0 Å². The number of para-hydroxylation sites is 2. The van der Waals surface area contributed by atoms with Gasteiger partial charge < -0.3 is 0 Å². The van der Waals surface area contributed by atoms with Crippen LogP contribution in [-0.4, -0.2) is 4.98 Å². The van der Waals surface area contributed by atoms with Crippen molar-refractivity contribution in [2.75, 3.05) is 0 Å². The van der Waals surface area contributed by atoms with Gasteiger partial charge >= 0.3 is 0 Å². The molecule has 1 fully saturated rings. The van der Waals surface area contributed by atoms with Gasteiger partial charge in [-0.3, -0.25) is 0 Å². The zero-order chi connectivity index (χ0) is 13.4. The van der Waals surface area contributed by atoms with E-state index in [4.69, 9.17) is 4.98 Å². The molecule has 1 aliphatic rings. The highest BCUT2D eigenvalue weighted by atomic mass is 14.7. The third-order valence-corrected chi connectivity index (χ3v) is 4.64. The van der Waals surface area contributed by atoms with Crippen LogP contribution in [0.1, 0.15) is 43.6 Å². The second kappa shape index (κ2) is 4.90. The van der Waals surface area contributed by atoms with Gasteiger partial charge in [0.1, 0.15) is 0 Å². The summed E-state index contributed by atoms with van der Waals surface area (Å²) in [5.74, 6) is 0.710. The molecule has 1 aliphatic carbocycles. The Kier molecular flexibility index (Phi) is 2.91. The van der Waals surface area contributed by atoms with Gasteiger partial charge in [0, 0.05) is 10.8 Å². The number of hydrogen-bond acceptors (Lipinski definition) is 1. The largest absolute Gasteiger partial charge is 0.248 e. The SMILES string of the molecule is c1ccc2c(C3CCCCC3)c3ccccc3nc2c1. The van der Waals surface area contributed by atoms with E-state index in [0.717, 1.165) is 11.0 Å². The summed E-state index contributed by atoms with van der Waals surface area (Å²) in [6.07, 6.45) is 6.80. The van der Waals surface area contributed by atoms with Crippen molar-refractivity contribution < 1.29 is 0 Å². The molecule has 3 aromatic rings. The molecule has 0 unspecified atom stereocenters. The second-order valence-corrected chi connectivity index (χ2v) is 5.89. The summed E-state index contributed by atoms with van der Waals surface area (Å²) >= 11 is 0. The number of aromatic nitrogens is 1. The quantitative estimate of drug-likeness (QED) is 0.532. The van der Waals surface area contributed by atoms with E-state index in [0.29, 0.717) is 5.92 Å². The van der Waals surface area contributed by atoms with Crippen LogP contribution in [0.15, 0.2) is 48.5 Å². The fourth-order valence-electron chi connectivity index (χ4n) is 3.70. The molecule has 0 spiro atoms. The number of benzene rings is 2. The maximum Gasteiger partial charge on any atom is 0.0712 e. The number of rotatable bonds is 1. The van der Waals surface area contributed by atoms with Crippen LogP contribution in [0, 0.1) is 0 Å². The van der Waals surface area contributed by atoms with Crippen LogP contribution in [-0.2, 0) is 0 Å². The Morgan fingerprint density at radius 1 is 0.700 bits per heavy atom. The topological polar surface area (TPSA) is 12.9 Å². The van der Waals surface area contributed by atoms with Gasteiger partial charge in [-0.2, -0.15) is 0 Å². The van der Waals surface area contributed by atoms with Crippen molar-refractivity contribution in [1.82, 2.24) is 4.98 Å². The first-order valence-electron chi connectivity index (χ1n) is 7.71. The van der Waals surface area contributed by atoms with Crippen LogP contribution in [0.5, 0.6) is 0 Å². The van der Waals surface area contributed by atoms with Gasteiger partial charge in [-0.1, -0.05) is 55.7 Å². The molecule has 4 rings (SSSR count). The monoisotopic (exact) mass is 261 g/mol. The Morgan fingerprint density at radius 3 is 1.85 bits per heavy atom. The number of hydrogen-bond donors (Lipinski definition) is 0. The predicted molar refractivity (Wildman–Crippen MR) is 85.1 cm³/mol.